The number of nitro groups is 1. The molecule has 0 aliphatic heterocycles. The van der Waals surface area contributed by atoms with Crippen LogP contribution in [0, 0.1) is 10.1 Å². The maximum atomic E-state index is 11.6. The molecule has 1 aliphatic rings. The Morgan fingerprint density at radius 2 is 1.93 bits per heavy atom. The lowest BCUT2D eigenvalue weighted by molar-refractivity contribution is -0.488. The van der Waals surface area contributed by atoms with Crippen molar-refractivity contribution in [3.05, 3.63) is 43.9 Å². The van der Waals surface area contributed by atoms with E-state index in [-0.39, 0.29) is 11.1 Å². The number of carbonyl (C=O) groups excluding carboxylic acids is 2. The predicted octanol–water partition coefficient (Wildman–Crippen LogP) is 1.47. The van der Waals surface area contributed by atoms with E-state index in [0.29, 0.717) is 4.47 Å². The zero-order valence-corrected chi connectivity index (χ0v) is 8.85. The number of ketones is 2. The molecule has 0 unspecified atom stereocenters. The number of halogens is 1. The van der Waals surface area contributed by atoms with Crippen LogP contribution in [-0.2, 0) is 0 Å². The second kappa shape index (κ2) is 3.23. The Hall–Kier alpha value is -1.56. The van der Waals surface area contributed by atoms with Gasteiger partial charge in [-0.15, -0.1) is 0 Å². The molecule has 1 aromatic rings. The molecule has 76 valence electrons. The van der Waals surface area contributed by atoms with Crippen molar-refractivity contribution in [2.24, 2.45) is 0 Å². The summed E-state index contributed by atoms with van der Waals surface area (Å²) in [4.78, 5) is 32.8. The van der Waals surface area contributed by atoms with Gasteiger partial charge in [-0.3, -0.25) is 19.7 Å². The van der Waals surface area contributed by atoms with E-state index in [2.05, 4.69) is 15.9 Å². The zero-order chi connectivity index (χ0) is 11.2. The Labute approximate surface area is 92.4 Å². The Morgan fingerprint density at radius 1 is 1.27 bits per heavy atom. The molecule has 15 heavy (non-hydrogen) atoms. The van der Waals surface area contributed by atoms with E-state index in [1.54, 1.807) is 12.1 Å². The Kier molecular flexibility index (Phi) is 2.15. The number of Topliss-reactive ketones (excluding diaryl/α,β-unsaturated/α-hetero) is 2. The van der Waals surface area contributed by atoms with Crippen molar-refractivity contribution in [2.75, 3.05) is 0 Å². The molecular formula is C9H4BrNO4. The third kappa shape index (κ3) is 1.29. The molecule has 1 aliphatic carbocycles. The van der Waals surface area contributed by atoms with Crippen molar-refractivity contribution < 1.29 is 14.5 Å². The van der Waals surface area contributed by atoms with Gasteiger partial charge in [0.25, 0.3) is 0 Å². The summed E-state index contributed by atoms with van der Waals surface area (Å²) in [6.07, 6.45) is 0. The molecule has 2 rings (SSSR count). The van der Waals surface area contributed by atoms with Crippen LogP contribution >= 0.6 is 15.9 Å². The van der Waals surface area contributed by atoms with Gasteiger partial charge in [-0.1, -0.05) is 28.1 Å². The maximum absolute atomic E-state index is 11.6. The van der Waals surface area contributed by atoms with E-state index in [4.69, 9.17) is 0 Å². The van der Waals surface area contributed by atoms with Gasteiger partial charge in [-0.05, 0) is 6.07 Å². The first-order valence-corrected chi connectivity index (χ1v) is 4.83. The van der Waals surface area contributed by atoms with Gasteiger partial charge < -0.3 is 0 Å². The summed E-state index contributed by atoms with van der Waals surface area (Å²) in [5.74, 6) is -1.48. The minimum atomic E-state index is -1.77. The molecule has 0 saturated heterocycles. The first kappa shape index (κ1) is 9.97. The quantitative estimate of drug-likeness (QED) is 0.440. The van der Waals surface area contributed by atoms with Gasteiger partial charge in [-0.2, -0.15) is 0 Å². The molecule has 1 atom stereocenters. The average molecular weight is 270 g/mol. The fourth-order valence-electron chi connectivity index (χ4n) is 1.57. The number of hydrogen-bond acceptors (Lipinski definition) is 4. The highest BCUT2D eigenvalue weighted by atomic mass is 79.9. The van der Waals surface area contributed by atoms with Gasteiger partial charge in [-0.25, -0.2) is 0 Å². The van der Waals surface area contributed by atoms with Crippen LogP contribution in [-0.4, -0.2) is 22.5 Å². The van der Waals surface area contributed by atoms with Gasteiger partial charge in [0.15, 0.2) is 0 Å². The van der Waals surface area contributed by atoms with Crippen molar-refractivity contribution >= 4 is 27.5 Å². The molecule has 0 N–H and O–H groups in total. The fraction of sp³-hybridized carbons (Fsp3) is 0.111. The molecular weight excluding hydrogens is 266 g/mol. The van der Waals surface area contributed by atoms with Gasteiger partial charge in [0.2, 0.25) is 11.6 Å². The van der Waals surface area contributed by atoms with Gasteiger partial charge in [0, 0.05) is 15.0 Å². The Balaban J connectivity index is 2.66. The number of nitrogens with zero attached hydrogens (tertiary/aromatic N) is 1. The van der Waals surface area contributed by atoms with Crippen LogP contribution in [0.5, 0.6) is 0 Å². The number of fused-ring (bicyclic) bond motifs is 1. The molecule has 0 saturated carbocycles. The molecule has 0 bridgehead atoms. The topological polar surface area (TPSA) is 77.3 Å². The summed E-state index contributed by atoms with van der Waals surface area (Å²) in [5.41, 5.74) is 0.236. The predicted molar refractivity (Wildman–Crippen MR) is 53.6 cm³/mol. The maximum Gasteiger partial charge on any atom is 0.336 e. The largest absolute Gasteiger partial charge is 0.336 e. The van der Waals surface area contributed by atoms with Gasteiger partial charge in [0.05, 0.1) is 5.56 Å². The van der Waals surface area contributed by atoms with E-state index in [0.717, 1.165) is 0 Å². The van der Waals surface area contributed by atoms with Crippen molar-refractivity contribution in [2.45, 2.75) is 6.04 Å². The number of hydrogen-bond donors (Lipinski definition) is 0. The van der Waals surface area contributed by atoms with E-state index in [1.807, 2.05) is 0 Å². The lowest BCUT2D eigenvalue weighted by Gasteiger charge is -1.96. The summed E-state index contributed by atoms with van der Waals surface area (Å²) in [6, 6.07) is 2.80. The normalized spacial score (nSPS) is 19.1. The van der Waals surface area contributed by atoms with E-state index < -0.39 is 22.5 Å². The van der Waals surface area contributed by atoms with Crippen molar-refractivity contribution in [3.8, 4) is 0 Å². The fourth-order valence-corrected chi connectivity index (χ4v) is 2.14. The second-order valence-electron chi connectivity index (χ2n) is 3.08. The van der Waals surface area contributed by atoms with E-state index in [9.17, 15) is 19.7 Å². The second-order valence-corrected chi connectivity index (χ2v) is 3.93. The Morgan fingerprint density at radius 3 is 2.47 bits per heavy atom. The highest BCUT2D eigenvalue weighted by Crippen LogP contribution is 2.30. The third-order valence-electron chi connectivity index (χ3n) is 2.23. The standard InChI is InChI=1S/C9H4BrNO4/c10-5-3-1-2-4-6(5)9(13)7(8(4)12)11(14)15/h1-3,7H/t7-/m0/s1. The smallest absolute Gasteiger partial charge is 0.286 e. The first-order chi connectivity index (χ1) is 7.04. The highest BCUT2D eigenvalue weighted by Gasteiger charge is 2.48. The summed E-state index contributed by atoms with van der Waals surface area (Å²) >= 11 is 3.10. The highest BCUT2D eigenvalue weighted by molar-refractivity contribution is 9.10. The molecule has 0 radical (unpaired) electrons. The van der Waals surface area contributed by atoms with Crippen molar-refractivity contribution in [3.63, 3.8) is 0 Å². The molecule has 0 spiro atoms. The monoisotopic (exact) mass is 269 g/mol. The van der Waals surface area contributed by atoms with Crippen LogP contribution in [0.1, 0.15) is 20.7 Å². The van der Waals surface area contributed by atoms with Crippen LogP contribution in [0.25, 0.3) is 0 Å². The minimum absolute atomic E-state index is 0.115. The number of benzene rings is 1. The SMILES string of the molecule is O=C1c2cccc(Br)c2C(=O)[C@H]1[N+](=O)[O-]. The van der Waals surface area contributed by atoms with Crippen LogP contribution in [0.15, 0.2) is 22.7 Å². The van der Waals surface area contributed by atoms with E-state index in [1.165, 1.54) is 6.07 Å². The average Bonchev–Trinajstić information content (AvgIpc) is 2.40. The lowest BCUT2D eigenvalue weighted by atomic mass is 10.1. The summed E-state index contributed by atoms with van der Waals surface area (Å²) in [6.45, 7) is 0. The van der Waals surface area contributed by atoms with Gasteiger partial charge >= 0.3 is 6.04 Å². The van der Waals surface area contributed by atoms with Crippen molar-refractivity contribution in [1.29, 1.82) is 0 Å². The summed E-state index contributed by atoms with van der Waals surface area (Å²) in [7, 11) is 0. The molecule has 6 heteroatoms. The number of rotatable bonds is 1. The zero-order valence-electron chi connectivity index (χ0n) is 7.27. The van der Waals surface area contributed by atoms with Crippen LogP contribution < -0.4 is 0 Å². The minimum Gasteiger partial charge on any atom is -0.286 e. The van der Waals surface area contributed by atoms with Gasteiger partial charge in [0.1, 0.15) is 0 Å². The van der Waals surface area contributed by atoms with Crippen LogP contribution in [0.3, 0.4) is 0 Å². The summed E-state index contributed by atoms with van der Waals surface area (Å²) < 4.78 is 0.419. The third-order valence-corrected chi connectivity index (χ3v) is 2.89. The van der Waals surface area contributed by atoms with Crippen molar-refractivity contribution in [1.82, 2.24) is 0 Å². The summed E-state index contributed by atoms with van der Waals surface area (Å²) in [5, 5.41) is 10.6. The molecule has 0 amide bonds. The Bertz CT molecular complexity index is 497. The molecule has 1 aromatic carbocycles. The van der Waals surface area contributed by atoms with Crippen LogP contribution in [0.2, 0.25) is 0 Å². The molecule has 0 fully saturated rings. The van der Waals surface area contributed by atoms with Crippen LogP contribution in [0.4, 0.5) is 0 Å². The first-order valence-electron chi connectivity index (χ1n) is 4.04. The van der Waals surface area contributed by atoms with E-state index >= 15 is 0 Å². The lowest BCUT2D eigenvalue weighted by Crippen LogP contribution is -2.31. The molecule has 0 aromatic heterocycles. The molecule has 0 heterocycles. The molecule has 5 nitrogen and oxygen atoms in total. The number of carbonyl (C=O) groups is 2.